The second-order valence-corrected chi connectivity index (χ2v) is 5.21. The van der Waals surface area contributed by atoms with E-state index >= 15 is 0 Å². The fourth-order valence-corrected chi connectivity index (χ4v) is 1.79. The van der Waals surface area contributed by atoms with Crippen molar-refractivity contribution in [1.82, 2.24) is 0 Å². The second-order valence-electron chi connectivity index (χ2n) is 5.21. The van der Waals surface area contributed by atoms with E-state index in [2.05, 4.69) is 45.3 Å². The van der Waals surface area contributed by atoms with Gasteiger partial charge in [0.1, 0.15) is 0 Å². The van der Waals surface area contributed by atoms with Gasteiger partial charge in [-0.2, -0.15) is 0 Å². The number of allylic oxidation sites excluding steroid dienone is 2. The van der Waals surface area contributed by atoms with Crippen LogP contribution in [0.4, 0.5) is 0 Å². The first-order valence-corrected chi connectivity index (χ1v) is 5.88. The molecule has 0 N–H and O–H groups in total. The molecule has 0 radical (unpaired) electrons. The predicted molar refractivity (Wildman–Crippen MR) is 68.2 cm³/mol. The molecule has 1 unspecified atom stereocenters. The largest absolute Gasteiger partial charge is 0.261 e. The third-order valence-corrected chi connectivity index (χ3v) is 3.48. The zero-order chi connectivity index (χ0) is 11.5. The van der Waals surface area contributed by atoms with Gasteiger partial charge in [0.15, 0.2) is 0 Å². The van der Waals surface area contributed by atoms with E-state index < -0.39 is 0 Å². The van der Waals surface area contributed by atoms with Crippen LogP contribution in [0.2, 0.25) is 0 Å². The van der Waals surface area contributed by atoms with E-state index in [1.807, 2.05) is 6.21 Å². The van der Waals surface area contributed by atoms with Crippen molar-refractivity contribution in [2.24, 2.45) is 16.3 Å². The fraction of sp³-hybridized carbons (Fsp3) is 0.643. The molecule has 1 rings (SSSR count). The topological polar surface area (TPSA) is 12.4 Å². The highest BCUT2D eigenvalue weighted by atomic mass is 14.7. The molecule has 0 fully saturated rings. The molecule has 0 aromatic rings. The summed E-state index contributed by atoms with van der Waals surface area (Å²) >= 11 is 0. The highest BCUT2D eigenvalue weighted by Gasteiger charge is 2.28. The van der Waals surface area contributed by atoms with Gasteiger partial charge in [-0.15, -0.1) is 0 Å². The highest BCUT2D eigenvalue weighted by Crippen LogP contribution is 2.39. The van der Waals surface area contributed by atoms with Crippen LogP contribution in [0.1, 0.15) is 47.0 Å². The Morgan fingerprint density at radius 3 is 2.87 bits per heavy atom. The molecule has 0 spiro atoms. The summed E-state index contributed by atoms with van der Waals surface area (Å²) in [6.07, 6.45) is 7.38. The van der Waals surface area contributed by atoms with Gasteiger partial charge in [0.25, 0.3) is 0 Å². The van der Waals surface area contributed by atoms with E-state index in [9.17, 15) is 0 Å². The van der Waals surface area contributed by atoms with Gasteiger partial charge < -0.3 is 0 Å². The average molecular weight is 205 g/mol. The van der Waals surface area contributed by atoms with Crippen molar-refractivity contribution in [3.05, 3.63) is 23.9 Å². The van der Waals surface area contributed by atoms with E-state index in [-0.39, 0.29) is 0 Å². The van der Waals surface area contributed by atoms with E-state index in [4.69, 9.17) is 0 Å². The molecular weight excluding hydrogens is 182 g/mol. The average Bonchev–Trinajstić information content (AvgIpc) is 2.25. The van der Waals surface area contributed by atoms with Crippen LogP contribution in [-0.2, 0) is 0 Å². The fourth-order valence-electron chi connectivity index (χ4n) is 1.79. The van der Waals surface area contributed by atoms with Crippen LogP contribution in [0.3, 0.4) is 0 Å². The SMILES string of the molecule is C=C1CC(C)C(C)(C)CC=C1N=CCC. The van der Waals surface area contributed by atoms with Crippen LogP contribution in [0, 0.1) is 11.3 Å². The maximum Gasteiger partial charge on any atom is 0.0612 e. The third-order valence-electron chi connectivity index (χ3n) is 3.48. The monoisotopic (exact) mass is 205 g/mol. The summed E-state index contributed by atoms with van der Waals surface area (Å²) in [4.78, 5) is 4.48. The van der Waals surface area contributed by atoms with Crippen LogP contribution in [0.5, 0.6) is 0 Å². The van der Waals surface area contributed by atoms with Gasteiger partial charge in [0.05, 0.1) is 5.70 Å². The molecule has 84 valence electrons. The van der Waals surface area contributed by atoms with Crippen molar-refractivity contribution in [3.8, 4) is 0 Å². The van der Waals surface area contributed by atoms with Gasteiger partial charge in [-0.25, -0.2) is 0 Å². The lowest BCUT2D eigenvalue weighted by molar-refractivity contribution is 0.237. The maximum atomic E-state index is 4.48. The summed E-state index contributed by atoms with van der Waals surface area (Å²) in [7, 11) is 0. The van der Waals surface area contributed by atoms with Crippen molar-refractivity contribution < 1.29 is 0 Å². The lowest BCUT2D eigenvalue weighted by Gasteiger charge is -2.29. The van der Waals surface area contributed by atoms with Crippen molar-refractivity contribution >= 4 is 6.21 Å². The quantitative estimate of drug-likeness (QED) is 0.594. The summed E-state index contributed by atoms with van der Waals surface area (Å²) in [5.74, 6) is 0.676. The summed E-state index contributed by atoms with van der Waals surface area (Å²) in [5.41, 5.74) is 2.67. The predicted octanol–water partition coefficient (Wildman–Crippen LogP) is 4.36. The van der Waals surface area contributed by atoms with Gasteiger partial charge in [0, 0.05) is 6.21 Å². The molecule has 15 heavy (non-hydrogen) atoms. The van der Waals surface area contributed by atoms with E-state index in [0.717, 1.165) is 25.0 Å². The number of nitrogens with zero attached hydrogens (tertiary/aromatic N) is 1. The Kier molecular flexibility index (Phi) is 3.90. The van der Waals surface area contributed by atoms with Crippen molar-refractivity contribution in [3.63, 3.8) is 0 Å². The molecule has 1 nitrogen and oxygen atoms in total. The molecule has 0 saturated carbocycles. The van der Waals surface area contributed by atoms with Crippen LogP contribution in [0.25, 0.3) is 0 Å². The normalized spacial score (nSPS) is 26.5. The molecule has 0 bridgehead atoms. The van der Waals surface area contributed by atoms with Crippen molar-refractivity contribution in [1.29, 1.82) is 0 Å². The lowest BCUT2D eigenvalue weighted by Crippen LogP contribution is -2.19. The Hall–Kier alpha value is -0.850. The van der Waals surface area contributed by atoms with Gasteiger partial charge in [-0.1, -0.05) is 40.3 Å². The number of hydrogen-bond acceptors (Lipinski definition) is 1. The Labute approximate surface area is 94.0 Å². The molecular formula is C14H23N. The first-order chi connectivity index (χ1) is 6.97. The van der Waals surface area contributed by atoms with Gasteiger partial charge in [-0.05, 0) is 36.2 Å². The molecule has 0 aromatic heterocycles. The number of rotatable bonds is 2. The zero-order valence-electron chi connectivity index (χ0n) is 10.5. The maximum absolute atomic E-state index is 4.48. The Morgan fingerprint density at radius 1 is 1.60 bits per heavy atom. The summed E-state index contributed by atoms with van der Waals surface area (Å²) < 4.78 is 0. The summed E-state index contributed by atoms with van der Waals surface area (Å²) in [5, 5.41) is 0. The molecule has 1 atom stereocenters. The minimum atomic E-state index is 0.367. The van der Waals surface area contributed by atoms with Crippen LogP contribution in [0.15, 0.2) is 28.9 Å². The van der Waals surface area contributed by atoms with Gasteiger partial charge in [0.2, 0.25) is 0 Å². The molecule has 0 heterocycles. The molecule has 0 aromatic carbocycles. The molecule has 1 aliphatic carbocycles. The number of aliphatic imine (C=N–C) groups is 1. The van der Waals surface area contributed by atoms with Crippen LogP contribution in [-0.4, -0.2) is 6.21 Å². The first-order valence-electron chi connectivity index (χ1n) is 5.88. The van der Waals surface area contributed by atoms with Crippen molar-refractivity contribution in [2.45, 2.75) is 47.0 Å². The lowest BCUT2D eigenvalue weighted by atomic mass is 9.76. The van der Waals surface area contributed by atoms with E-state index in [1.165, 1.54) is 5.57 Å². The summed E-state index contributed by atoms with van der Waals surface area (Å²) in [6.45, 7) is 13.2. The Morgan fingerprint density at radius 2 is 2.27 bits per heavy atom. The summed E-state index contributed by atoms with van der Waals surface area (Å²) in [6, 6.07) is 0. The Bertz CT molecular complexity index is 294. The second kappa shape index (κ2) is 4.78. The smallest absolute Gasteiger partial charge is 0.0612 e. The zero-order valence-corrected chi connectivity index (χ0v) is 10.5. The van der Waals surface area contributed by atoms with Crippen molar-refractivity contribution in [2.75, 3.05) is 0 Å². The van der Waals surface area contributed by atoms with Crippen LogP contribution >= 0.6 is 0 Å². The molecule has 0 saturated heterocycles. The molecule has 1 heteroatoms. The minimum Gasteiger partial charge on any atom is -0.261 e. The molecule has 1 aliphatic rings. The van der Waals surface area contributed by atoms with Gasteiger partial charge in [-0.3, -0.25) is 4.99 Å². The highest BCUT2D eigenvalue weighted by molar-refractivity contribution is 5.59. The minimum absolute atomic E-state index is 0.367. The van der Waals surface area contributed by atoms with E-state index in [0.29, 0.717) is 11.3 Å². The van der Waals surface area contributed by atoms with Crippen LogP contribution < -0.4 is 0 Å². The Balaban J connectivity index is 2.86. The molecule has 0 amide bonds. The standard InChI is InChI=1S/C14H23N/c1-6-9-15-13-7-8-14(4,5)12(3)10-11(13)2/h7,9,12H,2,6,8,10H2,1,3-5H3. The number of hydrogen-bond donors (Lipinski definition) is 0. The van der Waals surface area contributed by atoms with E-state index in [1.54, 1.807) is 0 Å². The van der Waals surface area contributed by atoms with Gasteiger partial charge >= 0.3 is 0 Å². The molecule has 0 aliphatic heterocycles. The first kappa shape index (κ1) is 12.2. The third kappa shape index (κ3) is 3.05.